The molecule has 0 saturated heterocycles. The minimum atomic E-state index is 0.513. The number of hydrogen-bond donors (Lipinski definition) is 0. The van der Waals surface area contributed by atoms with E-state index < -0.39 is 0 Å². The number of alkyl halides is 1. The molecular formula is C14H21ClN2. The van der Waals surface area contributed by atoms with Gasteiger partial charge in [-0.15, -0.1) is 11.6 Å². The van der Waals surface area contributed by atoms with E-state index in [0.29, 0.717) is 11.9 Å². The largest absolute Gasteiger partial charge is 0.368 e. The summed E-state index contributed by atoms with van der Waals surface area (Å²) in [5.41, 5.74) is 3.48. The molecule has 0 spiro atoms. The predicted octanol–water partition coefficient (Wildman–Crippen LogP) is 3.75. The Kier molecular flexibility index (Phi) is 3.93. The van der Waals surface area contributed by atoms with Crippen LogP contribution in [0.25, 0.3) is 0 Å². The van der Waals surface area contributed by atoms with Crippen molar-refractivity contribution >= 4 is 17.3 Å². The van der Waals surface area contributed by atoms with Crippen molar-refractivity contribution in [1.29, 1.82) is 0 Å². The summed E-state index contributed by atoms with van der Waals surface area (Å²) in [6.45, 7) is 7.69. The van der Waals surface area contributed by atoms with Crippen LogP contribution in [0.4, 0.5) is 5.69 Å². The highest BCUT2D eigenvalue weighted by Crippen LogP contribution is 2.33. The van der Waals surface area contributed by atoms with Crippen LogP contribution in [0.15, 0.2) is 12.3 Å². The van der Waals surface area contributed by atoms with Crippen LogP contribution in [0.2, 0.25) is 0 Å². The van der Waals surface area contributed by atoms with E-state index in [1.54, 1.807) is 0 Å². The number of rotatable bonds is 5. The van der Waals surface area contributed by atoms with Gasteiger partial charge < -0.3 is 4.90 Å². The number of aryl methyl sites for hydroxylation is 1. The van der Waals surface area contributed by atoms with E-state index in [0.717, 1.165) is 23.7 Å². The number of anilines is 1. The van der Waals surface area contributed by atoms with Crippen LogP contribution in [-0.2, 0) is 5.88 Å². The Balaban J connectivity index is 2.29. The standard InChI is InChI=1S/C14H21ClN2/c1-10(2)17(9-12-4-5-12)14-6-11(3)16-8-13(14)7-15/h6,8,10,12H,4-5,7,9H2,1-3H3. The summed E-state index contributed by atoms with van der Waals surface area (Å²) < 4.78 is 0. The van der Waals surface area contributed by atoms with Gasteiger partial charge in [0.1, 0.15) is 0 Å². The van der Waals surface area contributed by atoms with Crippen LogP contribution in [0.3, 0.4) is 0 Å². The molecule has 17 heavy (non-hydrogen) atoms. The van der Waals surface area contributed by atoms with Crippen LogP contribution in [0.5, 0.6) is 0 Å². The van der Waals surface area contributed by atoms with E-state index in [1.807, 2.05) is 13.1 Å². The van der Waals surface area contributed by atoms with Gasteiger partial charge in [0.05, 0.1) is 5.88 Å². The van der Waals surface area contributed by atoms with Gasteiger partial charge in [0.15, 0.2) is 0 Å². The predicted molar refractivity (Wildman–Crippen MR) is 73.7 cm³/mol. The quantitative estimate of drug-likeness (QED) is 0.742. The zero-order valence-electron chi connectivity index (χ0n) is 10.9. The highest BCUT2D eigenvalue weighted by Gasteiger charge is 2.26. The fourth-order valence-electron chi connectivity index (χ4n) is 2.11. The topological polar surface area (TPSA) is 16.1 Å². The molecule has 94 valence electrons. The maximum absolute atomic E-state index is 6.02. The van der Waals surface area contributed by atoms with Crippen LogP contribution >= 0.6 is 11.6 Å². The van der Waals surface area contributed by atoms with Gasteiger partial charge >= 0.3 is 0 Å². The molecule has 2 nitrogen and oxygen atoms in total. The molecule has 1 aliphatic rings. The molecule has 1 fully saturated rings. The number of hydrogen-bond acceptors (Lipinski definition) is 2. The van der Waals surface area contributed by atoms with E-state index >= 15 is 0 Å². The number of aromatic nitrogens is 1. The van der Waals surface area contributed by atoms with Gasteiger partial charge in [-0.3, -0.25) is 4.98 Å². The Morgan fingerprint density at radius 2 is 2.18 bits per heavy atom. The summed E-state index contributed by atoms with van der Waals surface area (Å²) in [7, 11) is 0. The molecule has 1 aliphatic carbocycles. The Bertz CT molecular complexity index is 386. The van der Waals surface area contributed by atoms with E-state index in [4.69, 9.17) is 11.6 Å². The molecule has 3 heteroatoms. The first-order valence-electron chi connectivity index (χ1n) is 6.40. The van der Waals surface area contributed by atoms with Crippen molar-refractivity contribution in [3.63, 3.8) is 0 Å². The molecule has 1 heterocycles. The molecular weight excluding hydrogens is 232 g/mol. The third kappa shape index (κ3) is 3.12. The van der Waals surface area contributed by atoms with E-state index in [2.05, 4.69) is 29.8 Å². The fourth-order valence-corrected chi connectivity index (χ4v) is 2.32. The van der Waals surface area contributed by atoms with Gasteiger partial charge in [-0.25, -0.2) is 0 Å². The maximum Gasteiger partial charge on any atom is 0.0509 e. The highest BCUT2D eigenvalue weighted by molar-refractivity contribution is 6.17. The monoisotopic (exact) mass is 252 g/mol. The summed E-state index contributed by atoms with van der Waals surface area (Å²) in [6, 6.07) is 2.68. The zero-order chi connectivity index (χ0) is 12.4. The van der Waals surface area contributed by atoms with Crippen molar-refractivity contribution in [1.82, 2.24) is 4.98 Å². The molecule has 0 amide bonds. The van der Waals surface area contributed by atoms with Crippen molar-refractivity contribution in [2.75, 3.05) is 11.4 Å². The summed E-state index contributed by atoms with van der Waals surface area (Å²) in [5.74, 6) is 1.42. The molecule has 0 radical (unpaired) electrons. The first kappa shape index (κ1) is 12.7. The lowest BCUT2D eigenvalue weighted by Gasteiger charge is -2.31. The Morgan fingerprint density at radius 3 is 2.71 bits per heavy atom. The second kappa shape index (κ2) is 5.26. The molecule has 0 unspecified atom stereocenters. The second-order valence-corrected chi connectivity index (χ2v) is 5.54. The van der Waals surface area contributed by atoms with E-state index in [9.17, 15) is 0 Å². The Labute approximate surface area is 109 Å². The third-order valence-corrected chi connectivity index (χ3v) is 3.62. The summed E-state index contributed by atoms with van der Waals surface area (Å²) in [5, 5.41) is 0. The molecule has 0 N–H and O–H groups in total. The molecule has 1 saturated carbocycles. The molecule has 1 aromatic heterocycles. The van der Waals surface area contributed by atoms with Crippen LogP contribution in [0.1, 0.15) is 37.9 Å². The SMILES string of the molecule is Cc1cc(N(CC2CC2)C(C)C)c(CCl)cn1. The highest BCUT2D eigenvalue weighted by atomic mass is 35.5. The first-order chi connectivity index (χ1) is 8.11. The lowest BCUT2D eigenvalue weighted by Crippen LogP contribution is -2.33. The van der Waals surface area contributed by atoms with Crippen molar-refractivity contribution in [2.24, 2.45) is 5.92 Å². The minimum absolute atomic E-state index is 0.513. The minimum Gasteiger partial charge on any atom is -0.368 e. The van der Waals surface area contributed by atoms with Crippen LogP contribution < -0.4 is 4.90 Å². The van der Waals surface area contributed by atoms with Gasteiger partial charge in [0.25, 0.3) is 0 Å². The van der Waals surface area contributed by atoms with Crippen LogP contribution in [-0.4, -0.2) is 17.6 Å². The normalized spacial score (nSPS) is 15.4. The molecule has 2 rings (SSSR count). The molecule has 0 aromatic carbocycles. The lowest BCUT2D eigenvalue weighted by atomic mass is 10.1. The number of nitrogens with zero attached hydrogens (tertiary/aromatic N) is 2. The third-order valence-electron chi connectivity index (χ3n) is 3.33. The second-order valence-electron chi connectivity index (χ2n) is 5.28. The zero-order valence-corrected chi connectivity index (χ0v) is 11.7. The van der Waals surface area contributed by atoms with Crippen molar-refractivity contribution < 1.29 is 0 Å². The number of pyridine rings is 1. The molecule has 0 atom stereocenters. The van der Waals surface area contributed by atoms with E-state index in [-0.39, 0.29) is 0 Å². The van der Waals surface area contributed by atoms with Crippen LogP contribution in [0, 0.1) is 12.8 Å². The average Bonchev–Trinajstić information content (AvgIpc) is 3.09. The lowest BCUT2D eigenvalue weighted by molar-refractivity contribution is 0.642. The molecule has 0 aliphatic heterocycles. The summed E-state index contributed by atoms with van der Waals surface area (Å²) >= 11 is 6.02. The summed E-state index contributed by atoms with van der Waals surface area (Å²) in [6.07, 6.45) is 4.67. The van der Waals surface area contributed by atoms with Gasteiger partial charge in [0, 0.05) is 35.7 Å². The van der Waals surface area contributed by atoms with Gasteiger partial charge in [0.2, 0.25) is 0 Å². The van der Waals surface area contributed by atoms with Gasteiger partial charge in [-0.05, 0) is 45.6 Å². The smallest absolute Gasteiger partial charge is 0.0509 e. The van der Waals surface area contributed by atoms with Gasteiger partial charge in [-0.2, -0.15) is 0 Å². The van der Waals surface area contributed by atoms with Crippen molar-refractivity contribution in [3.05, 3.63) is 23.5 Å². The fraction of sp³-hybridized carbons (Fsp3) is 0.643. The van der Waals surface area contributed by atoms with Gasteiger partial charge in [-0.1, -0.05) is 0 Å². The van der Waals surface area contributed by atoms with Crippen molar-refractivity contribution in [2.45, 2.75) is 45.5 Å². The van der Waals surface area contributed by atoms with E-state index in [1.165, 1.54) is 18.5 Å². The molecule has 0 bridgehead atoms. The average molecular weight is 253 g/mol. The number of halogens is 1. The first-order valence-corrected chi connectivity index (χ1v) is 6.93. The Hall–Kier alpha value is -0.760. The van der Waals surface area contributed by atoms with Crippen molar-refractivity contribution in [3.8, 4) is 0 Å². The summed E-state index contributed by atoms with van der Waals surface area (Å²) in [4.78, 5) is 6.81. The Morgan fingerprint density at radius 1 is 1.47 bits per heavy atom. The molecule has 1 aromatic rings. The maximum atomic E-state index is 6.02.